The number of ether oxygens (including phenoxy) is 2. The van der Waals surface area contributed by atoms with E-state index < -0.39 is 6.09 Å². The van der Waals surface area contributed by atoms with Gasteiger partial charge in [-0.05, 0) is 24.3 Å². The van der Waals surface area contributed by atoms with E-state index in [9.17, 15) is 4.79 Å². The number of fused-ring (bicyclic) bond motifs is 1. The summed E-state index contributed by atoms with van der Waals surface area (Å²) in [4.78, 5) is 15.1. The molecule has 0 radical (unpaired) electrons. The van der Waals surface area contributed by atoms with Crippen molar-refractivity contribution in [3.05, 3.63) is 53.6 Å². The molecule has 0 spiro atoms. The van der Waals surface area contributed by atoms with Crippen LogP contribution in [0.1, 0.15) is 30.4 Å². The Balaban J connectivity index is 0.000000637. The van der Waals surface area contributed by atoms with Crippen molar-refractivity contribution in [1.29, 1.82) is 0 Å². The average Bonchev–Trinajstić information content (AvgIpc) is 3.55. The van der Waals surface area contributed by atoms with Crippen molar-refractivity contribution in [2.75, 3.05) is 17.7 Å². The lowest BCUT2D eigenvalue weighted by atomic mass is 10.1. The number of anilines is 2. The van der Waals surface area contributed by atoms with Crippen molar-refractivity contribution >= 4 is 23.5 Å². The van der Waals surface area contributed by atoms with Gasteiger partial charge in [0.05, 0.1) is 13.7 Å². The highest BCUT2D eigenvalue weighted by Crippen LogP contribution is 2.25. The number of methoxy groups -OCH3 is 1. The fraction of sp³-hybridized carbons (Fsp3) is 0.300. The van der Waals surface area contributed by atoms with Crippen molar-refractivity contribution in [3.63, 3.8) is 0 Å². The molecule has 0 atom stereocenters. The second-order valence-corrected chi connectivity index (χ2v) is 6.21. The van der Waals surface area contributed by atoms with Gasteiger partial charge in [0.15, 0.2) is 0 Å². The quantitative estimate of drug-likeness (QED) is 0.740. The highest BCUT2D eigenvalue weighted by Gasteiger charge is 2.15. The predicted molar refractivity (Wildman–Crippen MR) is 104 cm³/mol. The van der Waals surface area contributed by atoms with Gasteiger partial charge in [-0.25, -0.2) is 9.79 Å². The van der Waals surface area contributed by atoms with Crippen molar-refractivity contribution in [1.82, 2.24) is 0 Å². The molecule has 0 aromatic heterocycles. The third kappa shape index (κ3) is 5.64. The normalized spacial score (nSPS) is 15.4. The summed E-state index contributed by atoms with van der Waals surface area (Å²) < 4.78 is 10.9. The number of hydrogen-bond acceptors (Lipinski definition) is 4. The number of nitrogens with zero attached hydrogens (tertiary/aromatic N) is 1. The van der Waals surface area contributed by atoms with Crippen LogP contribution in [0.15, 0.2) is 47.5 Å². The van der Waals surface area contributed by atoms with Crippen LogP contribution >= 0.6 is 0 Å². The van der Waals surface area contributed by atoms with Gasteiger partial charge >= 0.3 is 6.09 Å². The van der Waals surface area contributed by atoms with Gasteiger partial charge < -0.3 is 19.9 Å². The van der Waals surface area contributed by atoms with Gasteiger partial charge in [-0.2, -0.15) is 0 Å². The molecule has 3 N–H and O–H groups in total. The van der Waals surface area contributed by atoms with E-state index in [1.807, 2.05) is 24.3 Å². The SMILES string of the molecule is C1CC1.COc1ccccc1CN=C1Nc2ccc(NC(=O)O)cc2CO1. The Kier molecular flexibility index (Phi) is 6.14. The lowest BCUT2D eigenvalue weighted by molar-refractivity contribution is 0.209. The summed E-state index contributed by atoms with van der Waals surface area (Å²) in [5.41, 5.74) is 3.17. The topological polar surface area (TPSA) is 92.2 Å². The molecule has 0 bridgehead atoms. The maximum Gasteiger partial charge on any atom is 0.409 e. The number of amides is 1. The zero-order valence-corrected chi connectivity index (χ0v) is 15.2. The van der Waals surface area contributed by atoms with E-state index in [1.54, 1.807) is 25.3 Å². The molecule has 142 valence electrons. The molecule has 2 aliphatic rings. The van der Waals surface area contributed by atoms with Gasteiger partial charge in [0.25, 0.3) is 6.02 Å². The molecule has 7 nitrogen and oxygen atoms in total. The molecule has 7 heteroatoms. The maximum atomic E-state index is 10.7. The summed E-state index contributed by atoms with van der Waals surface area (Å²) in [6.45, 7) is 0.753. The average molecular weight is 369 g/mol. The first-order valence-electron chi connectivity index (χ1n) is 8.85. The van der Waals surface area contributed by atoms with Crippen molar-refractivity contribution in [2.45, 2.75) is 32.4 Å². The van der Waals surface area contributed by atoms with Gasteiger partial charge in [-0.1, -0.05) is 37.5 Å². The first-order chi connectivity index (χ1) is 13.2. The zero-order valence-electron chi connectivity index (χ0n) is 15.2. The van der Waals surface area contributed by atoms with Crippen molar-refractivity contribution in [3.8, 4) is 5.75 Å². The minimum Gasteiger partial charge on any atom is -0.496 e. The molecule has 1 aliphatic carbocycles. The second kappa shape index (κ2) is 8.93. The third-order valence-corrected chi connectivity index (χ3v) is 3.90. The fourth-order valence-electron chi connectivity index (χ4n) is 2.41. The number of aliphatic imine (C=N–C) groups is 1. The number of carboxylic acid groups (broad SMARTS) is 1. The molecule has 1 aliphatic heterocycles. The summed E-state index contributed by atoms with van der Waals surface area (Å²) in [6.07, 6.45) is 3.40. The van der Waals surface area contributed by atoms with Crippen molar-refractivity contribution in [2.24, 2.45) is 4.99 Å². The van der Waals surface area contributed by atoms with Gasteiger partial charge in [0.2, 0.25) is 0 Å². The summed E-state index contributed by atoms with van der Waals surface area (Å²) in [7, 11) is 1.63. The van der Waals surface area contributed by atoms with Gasteiger partial charge in [0, 0.05) is 22.5 Å². The van der Waals surface area contributed by atoms with E-state index in [2.05, 4.69) is 15.6 Å². The molecule has 0 unspecified atom stereocenters. The number of hydrogen-bond donors (Lipinski definition) is 3. The predicted octanol–water partition coefficient (Wildman–Crippen LogP) is 4.45. The van der Waals surface area contributed by atoms with Crippen LogP contribution in [0.2, 0.25) is 0 Å². The minimum atomic E-state index is -1.10. The van der Waals surface area contributed by atoms with Gasteiger partial charge in [-0.3, -0.25) is 5.32 Å². The lowest BCUT2D eigenvalue weighted by Gasteiger charge is -2.21. The van der Waals surface area contributed by atoms with Gasteiger partial charge in [0.1, 0.15) is 12.4 Å². The first-order valence-corrected chi connectivity index (χ1v) is 8.85. The number of carbonyl (C=O) groups is 1. The second-order valence-electron chi connectivity index (χ2n) is 6.21. The van der Waals surface area contributed by atoms with Crippen LogP contribution in [0, 0.1) is 0 Å². The molecule has 27 heavy (non-hydrogen) atoms. The zero-order chi connectivity index (χ0) is 19.1. The summed E-state index contributed by atoms with van der Waals surface area (Å²) in [5, 5.41) is 14.2. The van der Waals surface area contributed by atoms with E-state index in [0.717, 1.165) is 22.6 Å². The van der Waals surface area contributed by atoms with Crippen LogP contribution in [0.25, 0.3) is 0 Å². The molecule has 1 amide bonds. The van der Waals surface area contributed by atoms with E-state index in [0.29, 0.717) is 24.9 Å². The highest BCUT2D eigenvalue weighted by molar-refractivity contribution is 5.92. The van der Waals surface area contributed by atoms with Crippen LogP contribution < -0.4 is 15.4 Å². The number of amidine groups is 1. The Bertz CT molecular complexity index is 831. The maximum absolute atomic E-state index is 10.7. The summed E-state index contributed by atoms with van der Waals surface area (Å²) in [5.74, 6) is 0.780. The Morgan fingerprint density at radius 2 is 2.04 bits per heavy atom. The first kappa shape index (κ1) is 18.6. The number of benzene rings is 2. The summed E-state index contributed by atoms with van der Waals surface area (Å²) >= 11 is 0. The molecule has 1 heterocycles. The Morgan fingerprint density at radius 1 is 1.26 bits per heavy atom. The van der Waals surface area contributed by atoms with Crippen LogP contribution in [0.5, 0.6) is 5.75 Å². The molecule has 1 saturated carbocycles. The van der Waals surface area contributed by atoms with E-state index in [1.165, 1.54) is 19.3 Å². The van der Waals surface area contributed by atoms with Crippen LogP contribution in [-0.4, -0.2) is 24.3 Å². The molecular weight excluding hydrogens is 346 g/mol. The summed E-state index contributed by atoms with van der Waals surface area (Å²) in [6, 6.07) is 13.3. The van der Waals surface area contributed by atoms with E-state index in [-0.39, 0.29) is 0 Å². The van der Waals surface area contributed by atoms with Gasteiger partial charge in [-0.15, -0.1) is 0 Å². The molecule has 0 saturated heterocycles. The minimum absolute atomic E-state index is 0.322. The number of para-hydroxylation sites is 1. The molecule has 1 fully saturated rings. The van der Waals surface area contributed by atoms with Crippen LogP contribution in [0.3, 0.4) is 0 Å². The van der Waals surface area contributed by atoms with Crippen LogP contribution in [0.4, 0.5) is 16.2 Å². The number of nitrogens with one attached hydrogen (secondary N) is 2. The van der Waals surface area contributed by atoms with Crippen molar-refractivity contribution < 1.29 is 19.4 Å². The third-order valence-electron chi connectivity index (χ3n) is 3.90. The fourth-order valence-corrected chi connectivity index (χ4v) is 2.41. The highest BCUT2D eigenvalue weighted by atomic mass is 16.5. The van der Waals surface area contributed by atoms with E-state index >= 15 is 0 Å². The van der Waals surface area contributed by atoms with Crippen LogP contribution in [-0.2, 0) is 17.9 Å². The molecule has 2 aromatic carbocycles. The molecular formula is C20H23N3O4. The van der Waals surface area contributed by atoms with E-state index in [4.69, 9.17) is 14.6 Å². The Hall–Kier alpha value is -3.22. The lowest BCUT2D eigenvalue weighted by Crippen LogP contribution is -2.23. The largest absolute Gasteiger partial charge is 0.496 e. The molecule has 2 aromatic rings. The molecule has 4 rings (SSSR count). The smallest absolute Gasteiger partial charge is 0.409 e. The standard InChI is InChI=1S/C17H17N3O4.C3H6/c1-23-15-5-3-2-4-11(15)9-18-16-20-14-7-6-13(19-17(21)22)8-12(14)10-24-16;1-2-3-1/h2-8,19H,9-10H2,1H3,(H,18,20)(H,21,22);1-3H2. The monoisotopic (exact) mass is 369 g/mol. The Labute approximate surface area is 158 Å². The number of rotatable bonds is 4. The Morgan fingerprint density at radius 3 is 2.74 bits per heavy atom.